The summed E-state index contributed by atoms with van der Waals surface area (Å²) in [6.07, 6.45) is 0. The van der Waals surface area contributed by atoms with Gasteiger partial charge in [0.25, 0.3) is 0 Å². The molecule has 1 nitrogen and oxygen atoms in total. The summed E-state index contributed by atoms with van der Waals surface area (Å²) >= 11 is 0. The van der Waals surface area contributed by atoms with E-state index in [2.05, 4.69) is 156 Å². The molecule has 0 saturated heterocycles. The van der Waals surface area contributed by atoms with E-state index in [-0.39, 0.29) is 0 Å². The van der Waals surface area contributed by atoms with Crippen LogP contribution in [0.1, 0.15) is 22.3 Å². The van der Waals surface area contributed by atoms with E-state index in [0.29, 0.717) is 0 Å². The summed E-state index contributed by atoms with van der Waals surface area (Å²) < 4.78 is 2.39. The molecule has 0 fully saturated rings. The van der Waals surface area contributed by atoms with Crippen molar-refractivity contribution < 1.29 is 0 Å². The Morgan fingerprint density at radius 3 is 1.66 bits per heavy atom. The lowest BCUT2D eigenvalue weighted by molar-refractivity contribution is 0.770. The summed E-state index contributed by atoms with van der Waals surface area (Å²) in [7, 11) is 0. The van der Waals surface area contributed by atoms with Crippen LogP contribution in [0.15, 0.2) is 152 Å². The molecule has 178 valence electrons. The lowest BCUT2D eigenvalue weighted by Crippen LogP contribution is -2.28. The molecule has 38 heavy (non-hydrogen) atoms. The van der Waals surface area contributed by atoms with Gasteiger partial charge in [-0.3, -0.25) is 0 Å². The third-order valence-corrected chi connectivity index (χ3v) is 8.28. The van der Waals surface area contributed by atoms with Crippen LogP contribution in [0.3, 0.4) is 0 Å². The van der Waals surface area contributed by atoms with Crippen LogP contribution in [0.25, 0.3) is 38.6 Å². The molecule has 1 aromatic heterocycles. The summed E-state index contributed by atoms with van der Waals surface area (Å²) in [4.78, 5) is 0. The molecule has 0 radical (unpaired) electrons. The van der Waals surface area contributed by atoms with E-state index in [1.807, 2.05) is 0 Å². The van der Waals surface area contributed by atoms with Crippen molar-refractivity contribution in [3.05, 3.63) is 174 Å². The van der Waals surface area contributed by atoms with Crippen molar-refractivity contribution in [1.82, 2.24) is 4.57 Å². The summed E-state index contributed by atoms with van der Waals surface area (Å²) in [6.45, 7) is 0. The van der Waals surface area contributed by atoms with Gasteiger partial charge in [0.2, 0.25) is 0 Å². The molecule has 1 heteroatoms. The Kier molecular flexibility index (Phi) is 4.50. The fraction of sp³-hybridized carbons (Fsp3) is 0.0270. The molecule has 0 bridgehead atoms. The molecule has 0 saturated carbocycles. The molecular formula is C37H25N. The predicted octanol–water partition coefficient (Wildman–Crippen LogP) is 9.15. The van der Waals surface area contributed by atoms with E-state index in [9.17, 15) is 0 Å². The molecule has 0 unspecified atom stereocenters. The van der Waals surface area contributed by atoms with Gasteiger partial charge < -0.3 is 4.57 Å². The lowest BCUT2D eigenvalue weighted by Gasteiger charge is -2.34. The molecule has 0 atom stereocenters. The highest BCUT2D eigenvalue weighted by Gasteiger charge is 2.45. The minimum atomic E-state index is -0.390. The quantitative estimate of drug-likeness (QED) is 0.236. The molecule has 1 aliphatic carbocycles. The van der Waals surface area contributed by atoms with Crippen LogP contribution in [0.5, 0.6) is 0 Å². The zero-order chi connectivity index (χ0) is 25.1. The Balaban J connectivity index is 1.51. The fourth-order valence-corrected chi connectivity index (χ4v) is 6.77. The summed E-state index contributed by atoms with van der Waals surface area (Å²) in [5.41, 5.74) is 11.2. The molecule has 0 N–H and O–H groups in total. The molecule has 0 amide bonds. The van der Waals surface area contributed by atoms with Gasteiger partial charge in [0.1, 0.15) is 0 Å². The number of benzene rings is 6. The lowest BCUT2D eigenvalue weighted by atomic mass is 9.67. The maximum Gasteiger partial charge on any atom is 0.0713 e. The third kappa shape index (κ3) is 2.76. The topological polar surface area (TPSA) is 4.93 Å². The molecule has 8 rings (SSSR count). The van der Waals surface area contributed by atoms with Crippen LogP contribution in [-0.4, -0.2) is 4.57 Å². The molecule has 7 aromatic rings. The summed E-state index contributed by atoms with van der Waals surface area (Å²) in [6, 6.07) is 55.5. The fourth-order valence-electron chi connectivity index (χ4n) is 6.77. The second kappa shape index (κ2) is 8.06. The third-order valence-electron chi connectivity index (χ3n) is 8.28. The average molecular weight is 484 g/mol. The van der Waals surface area contributed by atoms with Crippen molar-refractivity contribution in [3.63, 3.8) is 0 Å². The standard InChI is InChI=1S/C37H25N/c1-3-13-26(14-4-1)37(33-20-10-7-17-29(33)30-18-8-11-21-34(30)37)27-23-24-36-32(25-27)31-19-9-12-22-35(31)38(36)28-15-5-2-6-16-28/h1-25H. The molecule has 6 aromatic carbocycles. The number of rotatable bonds is 3. The Hall–Kier alpha value is -4.88. The minimum absolute atomic E-state index is 0.390. The first-order valence-corrected chi connectivity index (χ1v) is 13.2. The SMILES string of the molecule is c1ccc(-n2c3ccccc3c3cc(C4(c5ccccc5)c5ccccc5-c5ccccc54)ccc32)cc1. The van der Waals surface area contributed by atoms with Crippen molar-refractivity contribution in [1.29, 1.82) is 0 Å². The number of nitrogens with zero attached hydrogens (tertiary/aromatic N) is 1. The summed E-state index contributed by atoms with van der Waals surface area (Å²) in [5, 5.41) is 2.55. The van der Waals surface area contributed by atoms with Crippen LogP contribution < -0.4 is 0 Å². The Morgan fingerprint density at radius 2 is 0.947 bits per heavy atom. The number of hydrogen-bond acceptors (Lipinski definition) is 0. The molecule has 0 spiro atoms. The van der Waals surface area contributed by atoms with Gasteiger partial charge in [0.05, 0.1) is 16.4 Å². The van der Waals surface area contributed by atoms with Gasteiger partial charge >= 0.3 is 0 Å². The number of para-hydroxylation sites is 2. The first-order valence-electron chi connectivity index (χ1n) is 13.2. The first kappa shape index (κ1) is 21.2. The zero-order valence-electron chi connectivity index (χ0n) is 20.9. The van der Waals surface area contributed by atoms with Gasteiger partial charge in [-0.25, -0.2) is 0 Å². The molecular weight excluding hydrogens is 458 g/mol. The molecule has 1 aliphatic rings. The minimum Gasteiger partial charge on any atom is -0.309 e. The van der Waals surface area contributed by atoms with Crippen molar-refractivity contribution in [2.24, 2.45) is 0 Å². The van der Waals surface area contributed by atoms with E-state index < -0.39 is 5.41 Å². The van der Waals surface area contributed by atoms with Gasteiger partial charge in [-0.1, -0.05) is 121 Å². The van der Waals surface area contributed by atoms with Crippen molar-refractivity contribution in [2.45, 2.75) is 5.41 Å². The van der Waals surface area contributed by atoms with E-state index in [1.54, 1.807) is 0 Å². The van der Waals surface area contributed by atoms with Crippen LogP contribution in [-0.2, 0) is 5.41 Å². The van der Waals surface area contributed by atoms with Crippen molar-refractivity contribution in [3.8, 4) is 16.8 Å². The van der Waals surface area contributed by atoms with Gasteiger partial charge in [-0.05, 0) is 63.7 Å². The average Bonchev–Trinajstić information content (AvgIpc) is 3.49. The monoisotopic (exact) mass is 483 g/mol. The Morgan fingerprint density at radius 1 is 0.395 bits per heavy atom. The maximum atomic E-state index is 2.45. The molecule has 1 heterocycles. The summed E-state index contributed by atoms with van der Waals surface area (Å²) in [5.74, 6) is 0. The van der Waals surface area contributed by atoms with Gasteiger partial charge in [0, 0.05) is 16.5 Å². The Labute approximate surface area is 222 Å². The van der Waals surface area contributed by atoms with E-state index in [1.165, 1.54) is 60.9 Å². The van der Waals surface area contributed by atoms with E-state index >= 15 is 0 Å². The second-order valence-corrected chi connectivity index (χ2v) is 10.1. The van der Waals surface area contributed by atoms with E-state index in [0.717, 1.165) is 0 Å². The van der Waals surface area contributed by atoms with Crippen molar-refractivity contribution >= 4 is 21.8 Å². The van der Waals surface area contributed by atoms with Gasteiger partial charge in [-0.2, -0.15) is 0 Å². The normalized spacial score (nSPS) is 13.5. The largest absolute Gasteiger partial charge is 0.309 e. The van der Waals surface area contributed by atoms with Crippen molar-refractivity contribution in [2.75, 3.05) is 0 Å². The van der Waals surface area contributed by atoms with Crippen LogP contribution in [0, 0.1) is 0 Å². The smallest absolute Gasteiger partial charge is 0.0713 e. The van der Waals surface area contributed by atoms with Gasteiger partial charge in [-0.15, -0.1) is 0 Å². The van der Waals surface area contributed by atoms with Crippen LogP contribution in [0.2, 0.25) is 0 Å². The maximum absolute atomic E-state index is 2.45. The Bertz CT molecular complexity index is 1920. The number of fused-ring (bicyclic) bond motifs is 6. The van der Waals surface area contributed by atoms with E-state index in [4.69, 9.17) is 0 Å². The number of aromatic nitrogens is 1. The second-order valence-electron chi connectivity index (χ2n) is 10.1. The number of hydrogen-bond donors (Lipinski definition) is 0. The zero-order valence-corrected chi connectivity index (χ0v) is 20.9. The molecule has 0 aliphatic heterocycles. The highest BCUT2D eigenvalue weighted by molar-refractivity contribution is 6.09. The predicted molar refractivity (Wildman–Crippen MR) is 158 cm³/mol. The highest BCUT2D eigenvalue weighted by atomic mass is 15.0. The van der Waals surface area contributed by atoms with Gasteiger partial charge in [0.15, 0.2) is 0 Å². The van der Waals surface area contributed by atoms with Crippen LogP contribution >= 0.6 is 0 Å². The van der Waals surface area contributed by atoms with Crippen LogP contribution in [0.4, 0.5) is 0 Å². The first-order chi connectivity index (χ1) is 18.9. The highest BCUT2D eigenvalue weighted by Crippen LogP contribution is 2.56.